The number of oxime groups is 1. The van der Waals surface area contributed by atoms with Crippen molar-refractivity contribution in [2.24, 2.45) is 51.5 Å². The van der Waals surface area contributed by atoms with Gasteiger partial charge < -0.3 is 13.7 Å². The quantitative estimate of drug-likeness (QED) is 0.169. The van der Waals surface area contributed by atoms with Crippen molar-refractivity contribution in [3.05, 3.63) is 0 Å². The van der Waals surface area contributed by atoms with Crippen LogP contribution in [-0.2, 0) is 18.5 Å². The molecule has 9 atom stereocenters. The number of rotatable bonds is 8. The van der Waals surface area contributed by atoms with Gasteiger partial charge in [0.05, 0.1) is 12.8 Å². The van der Waals surface area contributed by atoms with Crippen LogP contribution in [0.3, 0.4) is 0 Å². The molecule has 218 valence electrons. The largest absolute Gasteiger partial charge is 0.469 e. The van der Waals surface area contributed by atoms with Crippen molar-refractivity contribution in [2.75, 3.05) is 7.11 Å². The summed E-state index contributed by atoms with van der Waals surface area (Å²) in [6, 6.07) is 0. The maximum absolute atomic E-state index is 12.0. The molecule has 4 aliphatic rings. The zero-order chi connectivity index (χ0) is 28.1. The fraction of sp³-hybridized carbons (Fsp3) is 0.935. The number of fused-ring (bicyclic) bond motifs is 5. The number of esters is 1. The number of ether oxygens (including phenoxy) is 1. The van der Waals surface area contributed by atoms with Crippen LogP contribution in [0.1, 0.15) is 85.0 Å². The van der Waals surface area contributed by atoms with Gasteiger partial charge in [0.1, 0.15) is 0 Å². The Morgan fingerprint density at radius 1 is 1.00 bits per heavy atom. The van der Waals surface area contributed by atoms with Crippen molar-refractivity contribution < 1.29 is 18.5 Å². The average Bonchev–Trinajstić information content (AvgIpc) is 3.17. The Hall–Kier alpha value is -0.666. The Morgan fingerprint density at radius 3 is 2.34 bits per heavy atom. The third-order valence-corrected chi connectivity index (χ3v) is 12.9. The van der Waals surface area contributed by atoms with Crippen LogP contribution < -0.4 is 0 Å². The highest BCUT2D eigenvalue weighted by Crippen LogP contribution is 2.67. The summed E-state index contributed by atoms with van der Waals surface area (Å²) in [5, 5.41) is 5.10. The van der Waals surface area contributed by atoms with E-state index in [1.807, 2.05) is 0 Å². The number of hydrogen-bond acceptors (Lipinski definition) is 5. The van der Waals surface area contributed by atoms with Gasteiger partial charge in [0, 0.05) is 17.9 Å². The molecule has 0 aliphatic heterocycles. The van der Waals surface area contributed by atoms with Crippen LogP contribution in [0.2, 0.25) is 39.3 Å². The van der Waals surface area contributed by atoms with E-state index < -0.39 is 16.6 Å². The average molecular weight is 564 g/mol. The number of carbonyl (C=O) groups is 1. The molecule has 7 heteroatoms. The fourth-order valence-electron chi connectivity index (χ4n) is 9.47. The fourth-order valence-corrected chi connectivity index (χ4v) is 11.1. The lowest BCUT2D eigenvalue weighted by Crippen LogP contribution is -2.58. The molecule has 7 unspecified atom stereocenters. The minimum absolute atomic E-state index is 0.0672. The van der Waals surface area contributed by atoms with Crippen molar-refractivity contribution in [2.45, 2.75) is 130 Å². The third-order valence-electron chi connectivity index (χ3n) is 11.2. The summed E-state index contributed by atoms with van der Waals surface area (Å²) in [7, 11) is -1.81. The van der Waals surface area contributed by atoms with E-state index >= 15 is 0 Å². The van der Waals surface area contributed by atoms with Crippen LogP contribution in [0.5, 0.6) is 0 Å². The van der Waals surface area contributed by atoms with E-state index in [4.69, 9.17) is 18.8 Å². The van der Waals surface area contributed by atoms with E-state index in [2.05, 4.69) is 60.1 Å². The van der Waals surface area contributed by atoms with Crippen molar-refractivity contribution in [1.82, 2.24) is 0 Å². The first kappa shape index (κ1) is 30.3. The molecule has 0 amide bonds. The highest BCUT2D eigenvalue weighted by Gasteiger charge is 2.63. The topological polar surface area (TPSA) is 57.1 Å². The van der Waals surface area contributed by atoms with Gasteiger partial charge in [0.15, 0.2) is 8.32 Å². The smallest absolute Gasteiger partial charge is 0.305 e. The molecule has 4 aliphatic carbocycles. The molecule has 0 spiro atoms. The molecule has 0 heterocycles. The molecule has 0 aromatic rings. The highest BCUT2D eigenvalue weighted by molar-refractivity contribution is 6.70. The first-order chi connectivity index (χ1) is 17.6. The second kappa shape index (κ2) is 11.0. The van der Waals surface area contributed by atoms with Crippen molar-refractivity contribution in [3.63, 3.8) is 0 Å². The summed E-state index contributed by atoms with van der Waals surface area (Å²) < 4.78 is 18.0. The van der Waals surface area contributed by atoms with Gasteiger partial charge in [-0.1, -0.05) is 20.8 Å². The summed E-state index contributed by atoms with van der Waals surface area (Å²) >= 11 is 0. The number of methoxy groups -OCH3 is 1. The monoisotopic (exact) mass is 563 g/mol. The van der Waals surface area contributed by atoms with E-state index in [1.165, 1.54) is 57.8 Å². The zero-order valence-corrected chi connectivity index (χ0v) is 28.2. The maximum Gasteiger partial charge on any atom is 0.305 e. The Labute approximate surface area is 235 Å². The van der Waals surface area contributed by atoms with Crippen molar-refractivity contribution >= 4 is 28.3 Å². The van der Waals surface area contributed by atoms with E-state index in [0.717, 1.165) is 24.7 Å². The Morgan fingerprint density at radius 2 is 1.71 bits per heavy atom. The minimum Gasteiger partial charge on any atom is -0.469 e. The van der Waals surface area contributed by atoms with Crippen molar-refractivity contribution in [3.8, 4) is 0 Å². The van der Waals surface area contributed by atoms with Crippen molar-refractivity contribution in [1.29, 1.82) is 0 Å². The number of hydrogen-bond donors (Lipinski definition) is 0. The highest BCUT2D eigenvalue weighted by atomic mass is 28.4. The molecular formula is C31H57NO4Si2. The standard InChI is InChI=1S/C31H57NO4Si2/c1-21(11-16-29(33)34-4)25-14-15-26-24-13-12-22-19-23(35-37(5,6)7)17-18-30(22,2)27(24)20-28(31(25,26)3)32-36-38(8,9)10/h21-27H,11-20H2,1-10H3/b32-28+/t21?,22-,23-,24?,25?,26?,27?,30?,31?/m1/s1. The molecule has 0 N–H and O–H groups in total. The lowest BCUT2D eigenvalue weighted by atomic mass is 9.44. The normalized spacial score (nSPS) is 41.2. The summed E-state index contributed by atoms with van der Waals surface area (Å²) in [5.74, 6) is 3.84. The molecule has 38 heavy (non-hydrogen) atoms. The summed E-state index contributed by atoms with van der Waals surface area (Å²) in [6.45, 7) is 21.3. The summed E-state index contributed by atoms with van der Waals surface area (Å²) in [4.78, 5) is 12.0. The van der Waals surface area contributed by atoms with Gasteiger partial charge in [0.25, 0.3) is 8.32 Å². The maximum atomic E-state index is 12.0. The van der Waals surface area contributed by atoms with Crippen LogP contribution >= 0.6 is 0 Å². The first-order valence-electron chi connectivity index (χ1n) is 15.6. The molecule has 0 bridgehead atoms. The van der Waals surface area contributed by atoms with Gasteiger partial charge in [-0.15, -0.1) is 5.16 Å². The lowest BCUT2D eigenvalue weighted by Gasteiger charge is -2.61. The van der Waals surface area contributed by atoms with Crippen LogP contribution in [0.25, 0.3) is 0 Å². The molecule has 0 aromatic carbocycles. The van der Waals surface area contributed by atoms with Gasteiger partial charge in [-0.3, -0.25) is 4.79 Å². The molecule has 0 saturated heterocycles. The van der Waals surface area contributed by atoms with Crippen LogP contribution in [0.15, 0.2) is 5.16 Å². The molecule has 0 aromatic heterocycles. The predicted molar refractivity (Wildman–Crippen MR) is 161 cm³/mol. The van der Waals surface area contributed by atoms with E-state index in [9.17, 15) is 4.79 Å². The second-order valence-corrected chi connectivity index (χ2v) is 24.7. The Kier molecular flexibility index (Phi) is 8.74. The molecule has 5 nitrogen and oxygen atoms in total. The lowest BCUT2D eigenvalue weighted by molar-refractivity contribution is -0.141. The predicted octanol–water partition coefficient (Wildman–Crippen LogP) is 8.27. The van der Waals surface area contributed by atoms with E-state index in [1.54, 1.807) is 0 Å². The summed E-state index contributed by atoms with van der Waals surface area (Å²) in [6.07, 6.45) is 12.0. The van der Waals surface area contributed by atoms with Gasteiger partial charge in [0.2, 0.25) is 0 Å². The van der Waals surface area contributed by atoms with Gasteiger partial charge in [-0.05, 0) is 138 Å². The van der Waals surface area contributed by atoms with E-state index in [0.29, 0.717) is 41.6 Å². The summed E-state index contributed by atoms with van der Waals surface area (Å²) in [5.41, 5.74) is 1.79. The molecular weight excluding hydrogens is 507 g/mol. The van der Waals surface area contributed by atoms with Crippen LogP contribution in [0.4, 0.5) is 0 Å². The van der Waals surface area contributed by atoms with Gasteiger partial charge >= 0.3 is 5.97 Å². The van der Waals surface area contributed by atoms with Gasteiger partial charge in [-0.25, -0.2) is 0 Å². The van der Waals surface area contributed by atoms with Crippen LogP contribution in [-0.4, -0.2) is 41.5 Å². The second-order valence-electron chi connectivity index (χ2n) is 15.8. The molecule has 4 rings (SSSR count). The number of nitrogens with zero attached hydrogens (tertiary/aromatic N) is 1. The van der Waals surface area contributed by atoms with Crippen LogP contribution in [0, 0.1) is 46.3 Å². The molecule has 4 saturated carbocycles. The minimum atomic E-state index is -1.79. The van der Waals surface area contributed by atoms with Gasteiger partial charge in [-0.2, -0.15) is 0 Å². The Balaban J connectivity index is 1.62. The Bertz CT molecular complexity index is 895. The SMILES string of the molecule is COC(=O)CCC(C)C1CCC2C3CC[C@@H]4C[C@H](O[Si](C)(C)C)CCC4(C)C3C/C(=N\O[Si](C)(C)C)C12C. The first-order valence-corrected chi connectivity index (χ1v) is 22.4. The molecule has 4 fully saturated rings. The third kappa shape index (κ3) is 6.00. The zero-order valence-electron chi connectivity index (χ0n) is 26.2. The van der Waals surface area contributed by atoms with E-state index in [-0.39, 0.29) is 11.4 Å². The molecule has 0 radical (unpaired) electrons. The number of carbonyl (C=O) groups excluding carboxylic acids is 1.